The highest BCUT2D eigenvalue weighted by atomic mass is 15.3. The molecule has 0 N–H and O–H groups in total. The molecule has 0 fully saturated rings. The first-order valence-electron chi connectivity index (χ1n) is 6.75. The van der Waals surface area contributed by atoms with E-state index in [1.807, 2.05) is 23.1 Å². The Morgan fingerprint density at radius 1 is 1.33 bits per heavy atom. The molecule has 0 amide bonds. The van der Waals surface area contributed by atoms with Gasteiger partial charge in [0.15, 0.2) is 0 Å². The lowest BCUT2D eigenvalue weighted by Gasteiger charge is -2.19. The minimum Gasteiger partial charge on any atom is -0.272 e. The summed E-state index contributed by atoms with van der Waals surface area (Å²) < 4.78 is 2.00. The Labute approximate surface area is 109 Å². The first-order chi connectivity index (χ1) is 8.65. The van der Waals surface area contributed by atoms with Gasteiger partial charge in [0, 0.05) is 18.9 Å². The van der Waals surface area contributed by atoms with Crippen molar-refractivity contribution in [3.05, 3.63) is 53.3 Å². The normalized spacial score (nSPS) is 16.8. The predicted octanol–water partition coefficient (Wildman–Crippen LogP) is 3.35. The average Bonchev–Trinajstić information content (AvgIpc) is 2.96. The van der Waals surface area contributed by atoms with Gasteiger partial charge < -0.3 is 0 Å². The molecule has 1 aromatic heterocycles. The van der Waals surface area contributed by atoms with Crippen molar-refractivity contribution in [1.29, 1.82) is 0 Å². The standard InChI is InChI=1S/C16H20N2/c1-16(2)8-6-14-5-4-13(12-15(14)16)7-11-18-10-3-9-17-18/h3-5,9-10,12H,6-8,11H2,1-2H3. The fourth-order valence-corrected chi connectivity index (χ4v) is 2.89. The van der Waals surface area contributed by atoms with Gasteiger partial charge in [-0.3, -0.25) is 4.68 Å². The Balaban J connectivity index is 1.78. The smallest absolute Gasteiger partial charge is 0.0489 e. The molecule has 0 saturated heterocycles. The number of aryl methyl sites for hydroxylation is 3. The molecule has 0 unspecified atom stereocenters. The highest BCUT2D eigenvalue weighted by Gasteiger charge is 2.29. The predicted molar refractivity (Wildman–Crippen MR) is 73.7 cm³/mol. The van der Waals surface area contributed by atoms with Crippen LogP contribution in [-0.4, -0.2) is 9.78 Å². The summed E-state index contributed by atoms with van der Waals surface area (Å²) in [5.74, 6) is 0. The summed E-state index contributed by atoms with van der Waals surface area (Å²) in [6.45, 7) is 5.68. The molecule has 2 aromatic rings. The van der Waals surface area contributed by atoms with Crippen molar-refractivity contribution in [1.82, 2.24) is 9.78 Å². The van der Waals surface area contributed by atoms with Gasteiger partial charge in [0.1, 0.15) is 0 Å². The van der Waals surface area contributed by atoms with Crippen molar-refractivity contribution < 1.29 is 0 Å². The van der Waals surface area contributed by atoms with E-state index in [0.29, 0.717) is 5.41 Å². The van der Waals surface area contributed by atoms with Gasteiger partial charge in [-0.25, -0.2) is 0 Å². The van der Waals surface area contributed by atoms with Gasteiger partial charge >= 0.3 is 0 Å². The van der Waals surface area contributed by atoms with Crippen LogP contribution in [-0.2, 0) is 24.8 Å². The van der Waals surface area contributed by atoms with Gasteiger partial charge in [0.05, 0.1) is 0 Å². The summed E-state index contributed by atoms with van der Waals surface area (Å²) in [6.07, 6.45) is 7.45. The molecule has 0 saturated carbocycles. The van der Waals surface area contributed by atoms with Crippen LogP contribution >= 0.6 is 0 Å². The third-order valence-electron chi connectivity index (χ3n) is 4.11. The van der Waals surface area contributed by atoms with E-state index in [1.54, 1.807) is 11.1 Å². The summed E-state index contributed by atoms with van der Waals surface area (Å²) in [6, 6.07) is 8.99. The molecule has 1 heterocycles. The summed E-state index contributed by atoms with van der Waals surface area (Å²) in [7, 11) is 0. The maximum absolute atomic E-state index is 4.25. The topological polar surface area (TPSA) is 17.8 Å². The molecule has 0 atom stereocenters. The van der Waals surface area contributed by atoms with Crippen LogP contribution in [0.5, 0.6) is 0 Å². The largest absolute Gasteiger partial charge is 0.272 e. The second-order valence-corrected chi connectivity index (χ2v) is 5.89. The molecule has 1 aliphatic rings. The van der Waals surface area contributed by atoms with Crippen molar-refractivity contribution in [2.45, 2.75) is 45.1 Å². The zero-order valence-electron chi connectivity index (χ0n) is 11.2. The van der Waals surface area contributed by atoms with E-state index in [2.05, 4.69) is 37.1 Å². The summed E-state index contributed by atoms with van der Waals surface area (Å²) >= 11 is 0. The molecular weight excluding hydrogens is 220 g/mol. The summed E-state index contributed by atoms with van der Waals surface area (Å²) in [5.41, 5.74) is 4.89. The molecule has 0 spiro atoms. The molecule has 0 bridgehead atoms. The molecule has 18 heavy (non-hydrogen) atoms. The third kappa shape index (κ3) is 2.07. The third-order valence-corrected chi connectivity index (χ3v) is 4.11. The molecule has 1 aliphatic carbocycles. The Morgan fingerprint density at radius 3 is 3.00 bits per heavy atom. The first-order valence-corrected chi connectivity index (χ1v) is 6.75. The Bertz CT molecular complexity index is 538. The number of nitrogens with zero attached hydrogens (tertiary/aromatic N) is 2. The lowest BCUT2D eigenvalue weighted by atomic mass is 9.85. The maximum atomic E-state index is 4.25. The SMILES string of the molecule is CC1(C)CCc2ccc(CCn3cccn3)cc21. The lowest BCUT2D eigenvalue weighted by molar-refractivity contribution is 0.521. The molecule has 94 valence electrons. The zero-order valence-corrected chi connectivity index (χ0v) is 11.2. The van der Waals surface area contributed by atoms with E-state index in [1.165, 1.54) is 18.4 Å². The minimum atomic E-state index is 0.358. The van der Waals surface area contributed by atoms with E-state index in [0.717, 1.165) is 13.0 Å². The Morgan fingerprint density at radius 2 is 2.22 bits per heavy atom. The van der Waals surface area contributed by atoms with Crippen molar-refractivity contribution >= 4 is 0 Å². The second kappa shape index (κ2) is 4.27. The van der Waals surface area contributed by atoms with Crippen LogP contribution in [0.4, 0.5) is 0 Å². The summed E-state index contributed by atoms with van der Waals surface area (Å²) in [4.78, 5) is 0. The number of benzene rings is 1. The zero-order chi connectivity index (χ0) is 12.6. The molecule has 1 aromatic carbocycles. The second-order valence-electron chi connectivity index (χ2n) is 5.89. The highest BCUT2D eigenvalue weighted by Crippen LogP contribution is 2.38. The summed E-state index contributed by atoms with van der Waals surface area (Å²) in [5, 5.41) is 4.25. The van der Waals surface area contributed by atoms with Crippen LogP contribution in [0.3, 0.4) is 0 Å². The van der Waals surface area contributed by atoms with E-state index in [9.17, 15) is 0 Å². The number of hydrogen-bond donors (Lipinski definition) is 0. The molecule has 2 nitrogen and oxygen atoms in total. The van der Waals surface area contributed by atoms with E-state index in [4.69, 9.17) is 0 Å². The van der Waals surface area contributed by atoms with Gasteiger partial charge in [0.25, 0.3) is 0 Å². The van der Waals surface area contributed by atoms with E-state index in [-0.39, 0.29) is 0 Å². The average molecular weight is 240 g/mol. The lowest BCUT2D eigenvalue weighted by Crippen LogP contribution is -2.12. The maximum Gasteiger partial charge on any atom is 0.0489 e. The molecule has 2 heteroatoms. The van der Waals surface area contributed by atoms with Gasteiger partial charge in [-0.15, -0.1) is 0 Å². The first kappa shape index (κ1) is 11.5. The minimum absolute atomic E-state index is 0.358. The quantitative estimate of drug-likeness (QED) is 0.804. The molecular formula is C16H20N2. The molecule has 0 radical (unpaired) electrons. The van der Waals surface area contributed by atoms with Crippen LogP contribution in [0.2, 0.25) is 0 Å². The van der Waals surface area contributed by atoms with Gasteiger partial charge in [-0.1, -0.05) is 32.0 Å². The van der Waals surface area contributed by atoms with Gasteiger partial charge in [-0.05, 0) is 47.4 Å². The van der Waals surface area contributed by atoms with Crippen molar-refractivity contribution in [3.8, 4) is 0 Å². The van der Waals surface area contributed by atoms with Crippen molar-refractivity contribution in [3.63, 3.8) is 0 Å². The molecule has 0 aliphatic heterocycles. The fraction of sp³-hybridized carbons (Fsp3) is 0.438. The van der Waals surface area contributed by atoms with Gasteiger partial charge in [-0.2, -0.15) is 5.10 Å². The Hall–Kier alpha value is -1.57. The van der Waals surface area contributed by atoms with Crippen molar-refractivity contribution in [2.75, 3.05) is 0 Å². The van der Waals surface area contributed by atoms with Gasteiger partial charge in [0.2, 0.25) is 0 Å². The Kier molecular flexibility index (Phi) is 2.73. The van der Waals surface area contributed by atoms with Crippen LogP contribution < -0.4 is 0 Å². The highest BCUT2D eigenvalue weighted by molar-refractivity contribution is 5.41. The van der Waals surface area contributed by atoms with Crippen molar-refractivity contribution in [2.24, 2.45) is 0 Å². The van der Waals surface area contributed by atoms with Crippen LogP contribution in [0.15, 0.2) is 36.7 Å². The fourth-order valence-electron chi connectivity index (χ4n) is 2.89. The number of rotatable bonds is 3. The van der Waals surface area contributed by atoms with Crippen LogP contribution in [0, 0.1) is 0 Å². The monoisotopic (exact) mass is 240 g/mol. The van der Waals surface area contributed by atoms with E-state index >= 15 is 0 Å². The van der Waals surface area contributed by atoms with Crippen LogP contribution in [0.25, 0.3) is 0 Å². The van der Waals surface area contributed by atoms with E-state index < -0.39 is 0 Å². The number of fused-ring (bicyclic) bond motifs is 1. The number of aromatic nitrogens is 2. The van der Waals surface area contributed by atoms with Crippen LogP contribution in [0.1, 0.15) is 37.0 Å². The molecule has 3 rings (SSSR count). The number of hydrogen-bond acceptors (Lipinski definition) is 1.